The highest BCUT2D eigenvalue weighted by Gasteiger charge is 2.27. The Kier molecular flexibility index (Phi) is 4.16. The van der Waals surface area contributed by atoms with Gasteiger partial charge in [0.2, 0.25) is 5.89 Å². The number of nitrogens with zero attached hydrogens (tertiary/aromatic N) is 2. The summed E-state index contributed by atoms with van der Waals surface area (Å²) in [5.74, 6) is 3.36. The molecule has 4 heteroatoms. The molecule has 1 aromatic heterocycles. The number of likely N-dealkylation sites (N-methyl/N-ethyl adjacent to an activating group) is 1. The van der Waals surface area contributed by atoms with Gasteiger partial charge in [-0.1, -0.05) is 24.9 Å². The van der Waals surface area contributed by atoms with E-state index in [9.17, 15) is 0 Å². The molecule has 0 saturated heterocycles. The molecule has 2 aliphatic carbocycles. The van der Waals surface area contributed by atoms with Gasteiger partial charge in [0.25, 0.3) is 0 Å². The van der Waals surface area contributed by atoms with E-state index < -0.39 is 0 Å². The first-order valence-electron chi connectivity index (χ1n) is 7.90. The van der Waals surface area contributed by atoms with Crippen molar-refractivity contribution in [2.75, 3.05) is 6.54 Å². The second-order valence-electron chi connectivity index (χ2n) is 6.16. The number of rotatable bonds is 7. The predicted octanol–water partition coefficient (Wildman–Crippen LogP) is 2.73. The molecule has 1 heterocycles. The molecule has 3 rings (SSSR count). The Bertz CT molecular complexity index is 394. The lowest BCUT2D eigenvalue weighted by Crippen LogP contribution is -2.37. The van der Waals surface area contributed by atoms with Gasteiger partial charge in [0.1, 0.15) is 0 Å². The second kappa shape index (κ2) is 6.04. The van der Waals surface area contributed by atoms with E-state index in [0.29, 0.717) is 6.04 Å². The molecule has 0 amide bonds. The summed E-state index contributed by atoms with van der Waals surface area (Å²) in [6, 6.07) is 0.515. The van der Waals surface area contributed by atoms with Crippen molar-refractivity contribution in [3.05, 3.63) is 11.7 Å². The van der Waals surface area contributed by atoms with Gasteiger partial charge < -0.3 is 9.84 Å². The highest BCUT2D eigenvalue weighted by Crippen LogP contribution is 2.32. The van der Waals surface area contributed by atoms with Gasteiger partial charge in [0.05, 0.1) is 0 Å². The number of aromatic nitrogens is 2. The van der Waals surface area contributed by atoms with Crippen LogP contribution in [-0.2, 0) is 12.8 Å². The normalized spacial score (nSPS) is 21.9. The lowest BCUT2D eigenvalue weighted by atomic mass is 9.95. The van der Waals surface area contributed by atoms with Crippen LogP contribution in [0.15, 0.2) is 4.52 Å². The minimum Gasteiger partial charge on any atom is -0.339 e. The first kappa shape index (κ1) is 13.1. The summed E-state index contributed by atoms with van der Waals surface area (Å²) in [5, 5.41) is 7.73. The number of nitrogens with one attached hydrogen (secondary N) is 1. The topological polar surface area (TPSA) is 51.0 Å². The third kappa shape index (κ3) is 3.56. The van der Waals surface area contributed by atoms with E-state index in [1.807, 2.05) is 0 Å². The lowest BCUT2D eigenvalue weighted by Gasteiger charge is -2.22. The molecule has 0 aliphatic heterocycles. The van der Waals surface area contributed by atoms with Crippen LogP contribution in [0.25, 0.3) is 0 Å². The minimum absolute atomic E-state index is 0.515. The van der Waals surface area contributed by atoms with Crippen LogP contribution in [0.5, 0.6) is 0 Å². The van der Waals surface area contributed by atoms with Gasteiger partial charge in [-0.15, -0.1) is 0 Å². The smallest absolute Gasteiger partial charge is 0.228 e. The molecule has 1 unspecified atom stereocenters. The summed E-state index contributed by atoms with van der Waals surface area (Å²) >= 11 is 0. The molecule has 2 saturated carbocycles. The first-order valence-corrected chi connectivity index (χ1v) is 7.90. The van der Waals surface area contributed by atoms with Gasteiger partial charge in [0, 0.05) is 18.9 Å². The average molecular weight is 263 g/mol. The standard InChI is InChI=1S/C15H25N3O/c1-2-16-13(12-5-3-4-6-12)10-15-17-14(18-19-15)9-11-7-8-11/h11-13,16H,2-10H2,1H3. The maximum Gasteiger partial charge on any atom is 0.228 e. The Morgan fingerprint density at radius 3 is 2.74 bits per heavy atom. The molecular formula is C15H25N3O. The van der Waals surface area contributed by atoms with Crippen LogP contribution in [-0.4, -0.2) is 22.7 Å². The maximum absolute atomic E-state index is 5.43. The highest BCUT2D eigenvalue weighted by molar-refractivity contribution is 4.95. The van der Waals surface area contributed by atoms with E-state index in [2.05, 4.69) is 22.4 Å². The van der Waals surface area contributed by atoms with Gasteiger partial charge in [0.15, 0.2) is 5.82 Å². The van der Waals surface area contributed by atoms with Crippen LogP contribution in [0.3, 0.4) is 0 Å². The fourth-order valence-corrected chi connectivity index (χ4v) is 3.25. The number of hydrogen-bond donors (Lipinski definition) is 1. The number of hydrogen-bond acceptors (Lipinski definition) is 4. The highest BCUT2D eigenvalue weighted by atomic mass is 16.5. The zero-order valence-corrected chi connectivity index (χ0v) is 11.9. The molecule has 2 fully saturated rings. The Hall–Kier alpha value is -0.900. The quantitative estimate of drug-likeness (QED) is 0.822. The molecule has 1 N–H and O–H groups in total. The summed E-state index contributed by atoms with van der Waals surface area (Å²) in [5.41, 5.74) is 0. The fourth-order valence-electron chi connectivity index (χ4n) is 3.25. The van der Waals surface area contributed by atoms with Gasteiger partial charge in [-0.25, -0.2) is 0 Å². The summed E-state index contributed by atoms with van der Waals surface area (Å²) < 4.78 is 5.43. The predicted molar refractivity (Wildman–Crippen MR) is 73.9 cm³/mol. The van der Waals surface area contributed by atoms with Crippen molar-refractivity contribution in [1.29, 1.82) is 0 Å². The summed E-state index contributed by atoms with van der Waals surface area (Å²) in [6.45, 7) is 3.19. The largest absolute Gasteiger partial charge is 0.339 e. The van der Waals surface area contributed by atoms with Gasteiger partial charge in [-0.05, 0) is 44.1 Å². The zero-order valence-electron chi connectivity index (χ0n) is 11.9. The molecule has 2 aliphatic rings. The third-order valence-corrected chi connectivity index (χ3v) is 4.51. The lowest BCUT2D eigenvalue weighted by molar-refractivity contribution is 0.309. The Balaban J connectivity index is 1.58. The maximum atomic E-state index is 5.43. The van der Waals surface area contributed by atoms with E-state index in [-0.39, 0.29) is 0 Å². The van der Waals surface area contributed by atoms with Gasteiger partial charge in [-0.3, -0.25) is 0 Å². The summed E-state index contributed by atoms with van der Waals surface area (Å²) in [6.07, 6.45) is 10.0. The first-order chi connectivity index (χ1) is 9.35. The van der Waals surface area contributed by atoms with Crippen molar-refractivity contribution < 1.29 is 4.52 Å². The summed E-state index contributed by atoms with van der Waals surface area (Å²) in [4.78, 5) is 4.57. The molecule has 4 nitrogen and oxygen atoms in total. The molecule has 1 aromatic rings. The molecule has 0 radical (unpaired) electrons. The molecule has 1 atom stereocenters. The van der Waals surface area contributed by atoms with E-state index in [1.165, 1.54) is 38.5 Å². The van der Waals surface area contributed by atoms with Crippen LogP contribution >= 0.6 is 0 Å². The molecule has 0 spiro atoms. The average Bonchev–Trinajstić information content (AvgIpc) is 2.91. The molecule has 0 aromatic carbocycles. The van der Waals surface area contributed by atoms with Crippen molar-refractivity contribution in [3.8, 4) is 0 Å². The van der Waals surface area contributed by atoms with Gasteiger partial charge in [-0.2, -0.15) is 4.98 Å². The minimum atomic E-state index is 0.515. The molecule has 106 valence electrons. The zero-order chi connectivity index (χ0) is 13.1. The van der Waals surface area contributed by atoms with Crippen molar-refractivity contribution in [2.24, 2.45) is 11.8 Å². The van der Waals surface area contributed by atoms with Crippen molar-refractivity contribution >= 4 is 0 Å². The SMILES string of the molecule is CCNC(Cc1nc(CC2CC2)no1)C1CCCC1. The molecule has 19 heavy (non-hydrogen) atoms. The molecular weight excluding hydrogens is 238 g/mol. The van der Waals surface area contributed by atoms with E-state index in [4.69, 9.17) is 4.52 Å². The molecule has 0 bridgehead atoms. The third-order valence-electron chi connectivity index (χ3n) is 4.51. The Morgan fingerprint density at radius 1 is 1.26 bits per heavy atom. The monoisotopic (exact) mass is 263 g/mol. The van der Waals surface area contributed by atoms with Crippen LogP contribution in [0, 0.1) is 11.8 Å². The fraction of sp³-hybridized carbons (Fsp3) is 0.867. The van der Waals surface area contributed by atoms with Crippen molar-refractivity contribution in [2.45, 2.75) is 64.3 Å². The second-order valence-corrected chi connectivity index (χ2v) is 6.16. The van der Waals surface area contributed by atoms with E-state index in [0.717, 1.165) is 42.9 Å². The van der Waals surface area contributed by atoms with Crippen LogP contribution in [0.4, 0.5) is 0 Å². The Labute approximate surface area is 115 Å². The Morgan fingerprint density at radius 2 is 2.05 bits per heavy atom. The summed E-state index contributed by atoms with van der Waals surface area (Å²) in [7, 11) is 0. The van der Waals surface area contributed by atoms with Crippen molar-refractivity contribution in [1.82, 2.24) is 15.5 Å². The van der Waals surface area contributed by atoms with Crippen LogP contribution in [0.2, 0.25) is 0 Å². The van der Waals surface area contributed by atoms with E-state index >= 15 is 0 Å². The van der Waals surface area contributed by atoms with Crippen molar-refractivity contribution in [3.63, 3.8) is 0 Å². The van der Waals surface area contributed by atoms with Gasteiger partial charge >= 0.3 is 0 Å². The van der Waals surface area contributed by atoms with Crippen LogP contribution in [0.1, 0.15) is 57.2 Å². The van der Waals surface area contributed by atoms with Crippen LogP contribution < -0.4 is 5.32 Å². The van der Waals surface area contributed by atoms with E-state index in [1.54, 1.807) is 0 Å².